The number of hydrogen-bond acceptors (Lipinski definition) is 5. The van der Waals surface area contributed by atoms with Gasteiger partial charge in [-0.05, 0) is 30.0 Å². The summed E-state index contributed by atoms with van der Waals surface area (Å²) in [4.78, 5) is 17.7. The number of aromatic amines is 1. The molecule has 90 valence electrons. The van der Waals surface area contributed by atoms with Crippen LogP contribution in [0.2, 0.25) is 0 Å². The van der Waals surface area contributed by atoms with Crippen LogP contribution in [0.5, 0.6) is 0 Å². The fraction of sp³-hybridized carbons (Fsp3) is 0. The maximum atomic E-state index is 13.6. The molecule has 0 amide bonds. The number of rotatable bonds is 2. The Hall–Kier alpha value is -2.33. The molecule has 0 saturated carbocycles. The van der Waals surface area contributed by atoms with Crippen molar-refractivity contribution in [1.82, 2.24) is 9.97 Å². The third-order valence-corrected chi connectivity index (χ3v) is 2.95. The van der Waals surface area contributed by atoms with Crippen molar-refractivity contribution < 1.29 is 4.39 Å². The van der Waals surface area contributed by atoms with Crippen LogP contribution in [0.3, 0.4) is 0 Å². The van der Waals surface area contributed by atoms with Crippen LogP contribution in [0.15, 0.2) is 39.1 Å². The molecule has 0 bridgehead atoms. The van der Waals surface area contributed by atoms with Crippen molar-refractivity contribution in [2.75, 3.05) is 5.73 Å². The predicted octanol–water partition coefficient (Wildman–Crippen LogP) is 1.51. The summed E-state index contributed by atoms with van der Waals surface area (Å²) in [5.74, 6) is -0.487. The second kappa shape index (κ2) is 4.89. The summed E-state index contributed by atoms with van der Waals surface area (Å²) in [7, 11) is 0. The number of nitrogen functional groups attached to an aromatic ring is 1. The summed E-state index contributed by atoms with van der Waals surface area (Å²) in [5.41, 5.74) is 5.24. The maximum absolute atomic E-state index is 13.6. The molecule has 0 saturated heterocycles. The Balaban J connectivity index is 2.34. The van der Waals surface area contributed by atoms with Gasteiger partial charge in [-0.2, -0.15) is 5.26 Å². The zero-order valence-electron chi connectivity index (χ0n) is 8.98. The lowest BCUT2D eigenvalue weighted by Gasteiger charge is -2.03. The molecule has 1 aromatic heterocycles. The van der Waals surface area contributed by atoms with Gasteiger partial charge in [0, 0.05) is 6.07 Å². The molecule has 5 nitrogen and oxygen atoms in total. The van der Waals surface area contributed by atoms with Gasteiger partial charge in [0.1, 0.15) is 11.6 Å². The smallest absolute Gasteiger partial charge is 0.253 e. The monoisotopic (exact) mass is 262 g/mol. The molecule has 0 spiro atoms. The van der Waals surface area contributed by atoms with Gasteiger partial charge in [-0.25, -0.2) is 9.37 Å². The van der Waals surface area contributed by atoms with Crippen molar-refractivity contribution >= 4 is 17.6 Å². The highest BCUT2D eigenvalue weighted by atomic mass is 32.2. The molecule has 7 heteroatoms. The average molecular weight is 262 g/mol. The number of nitriles is 1. The molecule has 0 aliphatic rings. The zero-order chi connectivity index (χ0) is 13.1. The minimum Gasteiger partial charge on any atom is -0.383 e. The minimum absolute atomic E-state index is 0.0651. The van der Waals surface area contributed by atoms with Gasteiger partial charge in [0.05, 0.1) is 16.5 Å². The SMILES string of the molecule is N#Cc1ccc(Sc2nc(N)cc(=O)[nH]2)c(F)c1. The fourth-order valence-electron chi connectivity index (χ4n) is 1.26. The van der Waals surface area contributed by atoms with E-state index in [2.05, 4.69) is 9.97 Å². The van der Waals surface area contributed by atoms with Gasteiger partial charge in [0.2, 0.25) is 0 Å². The van der Waals surface area contributed by atoms with Crippen molar-refractivity contribution in [3.63, 3.8) is 0 Å². The van der Waals surface area contributed by atoms with Gasteiger partial charge in [-0.1, -0.05) is 0 Å². The van der Waals surface area contributed by atoms with Crippen LogP contribution in [-0.2, 0) is 0 Å². The Labute approximate surface area is 105 Å². The van der Waals surface area contributed by atoms with Crippen LogP contribution in [0.4, 0.5) is 10.2 Å². The Morgan fingerprint density at radius 2 is 2.22 bits per heavy atom. The highest BCUT2D eigenvalue weighted by molar-refractivity contribution is 7.99. The molecule has 3 N–H and O–H groups in total. The van der Waals surface area contributed by atoms with Crippen molar-refractivity contribution in [3.8, 4) is 6.07 Å². The first-order valence-corrected chi connectivity index (χ1v) is 5.64. The van der Waals surface area contributed by atoms with E-state index in [1.54, 1.807) is 0 Å². The number of nitrogens with zero attached hydrogens (tertiary/aromatic N) is 2. The highest BCUT2D eigenvalue weighted by Gasteiger charge is 2.08. The predicted molar refractivity (Wildman–Crippen MR) is 64.5 cm³/mol. The summed E-state index contributed by atoms with van der Waals surface area (Å²) in [5, 5.41) is 8.81. The van der Waals surface area contributed by atoms with E-state index in [0.717, 1.165) is 23.9 Å². The topological polar surface area (TPSA) is 95.6 Å². The molecular formula is C11H7FN4OS. The summed E-state index contributed by atoms with van der Waals surface area (Å²) in [6.07, 6.45) is 0. The lowest BCUT2D eigenvalue weighted by molar-refractivity contribution is 0.601. The van der Waals surface area contributed by atoms with Crippen LogP contribution in [0.1, 0.15) is 5.56 Å². The van der Waals surface area contributed by atoms with Gasteiger partial charge in [-0.15, -0.1) is 0 Å². The number of nitrogens with one attached hydrogen (secondary N) is 1. The van der Waals surface area contributed by atoms with Gasteiger partial charge in [0.25, 0.3) is 5.56 Å². The quantitative estimate of drug-likeness (QED) is 0.800. The summed E-state index contributed by atoms with van der Waals surface area (Å²) in [6, 6.07) is 7.02. The number of nitrogens with two attached hydrogens (primary N) is 1. The van der Waals surface area contributed by atoms with Crippen LogP contribution in [0, 0.1) is 17.1 Å². The first kappa shape index (κ1) is 12.1. The third-order valence-electron chi connectivity index (χ3n) is 2.01. The Morgan fingerprint density at radius 1 is 1.44 bits per heavy atom. The van der Waals surface area contributed by atoms with Crippen LogP contribution in [-0.4, -0.2) is 9.97 Å². The van der Waals surface area contributed by atoms with E-state index in [-0.39, 0.29) is 21.4 Å². The standard InChI is InChI=1S/C11H7FN4OS/c12-7-3-6(5-13)1-2-8(7)18-11-15-9(14)4-10(17)16-11/h1-4H,(H3,14,15,16,17). The molecular weight excluding hydrogens is 255 g/mol. The number of aromatic nitrogens is 2. The van der Waals surface area contributed by atoms with Crippen molar-refractivity contribution in [2.24, 2.45) is 0 Å². The Morgan fingerprint density at radius 3 is 2.83 bits per heavy atom. The van der Waals surface area contributed by atoms with Crippen molar-refractivity contribution in [1.29, 1.82) is 5.26 Å². The highest BCUT2D eigenvalue weighted by Crippen LogP contribution is 2.27. The van der Waals surface area contributed by atoms with E-state index in [1.807, 2.05) is 6.07 Å². The van der Waals surface area contributed by atoms with E-state index in [9.17, 15) is 9.18 Å². The second-order valence-electron chi connectivity index (χ2n) is 3.33. The zero-order valence-corrected chi connectivity index (χ0v) is 9.79. The minimum atomic E-state index is -0.552. The largest absolute Gasteiger partial charge is 0.383 e. The summed E-state index contributed by atoms with van der Waals surface area (Å²) < 4.78 is 13.6. The summed E-state index contributed by atoms with van der Waals surface area (Å²) >= 11 is 0.931. The maximum Gasteiger partial charge on any atom is 0.253 e. The molecule has 2 aromatic rings. The molecule has 0 atom stereocenters. The van der Waals surface area contributed by atoms with Crippen LogP contribution >= 0.6 is 11.8 Å². The van der Waals surface area contributed by atoms with Crippen LogP contribution in [0.25, 0.3) is 0 Å². The Bertz CT molecular complexity index is 692. The third kappa shape index (κ3) is 2.67. The molecule has 0 unspecified atom stereocenters. The van der Waals surface area contributed by atoms with Crippen LogP contribution < -0.4 is 11.3 Å². The average Bonchev–Trinajstić information content (AvgIpc) is 2.30. The summed E-state index contributed by atoms with van der Waals surface area (Å²) in [6.45, 7) is 0. The van der Waals surface area contributed by atoms with Crippen molar-refractivity contribution in [2.45, 2.75) is 10.1 Å². The van der Waals surface area contributed by atoms with Crippen molar-refractivity contribution in [3.05, 3.63) is 46.0 Å². The van der Waals surface area contributed by atoms with E-state index in [1.165, 1.54) is 12.1 Å². The number of halogens is 1. The number of benzene rings is 1. The molecule has 0 aliphatic carbocycles. The lowest BCUT2D eigenvalue weighted by Crippen LogP contribution is -2.09. The number of anilines is 1. The molecule has 0 aliphatic heterocycles. The molecule has 0 radical (unpaired) electrons. The molecule has 2 rings (SSSR count). The molecule has 0 fully saturated rings. The molecule has 18 heavy (non-hydrogen) atoms. The van der Waals surface area contributed by atoms with E-state index >= 15 is 0 Å². The van der Waals surface area contributed by atoms with E-state index in [4.69, 9.17) is 11.0 Å². The van der Waals surface area contributed by atoms with E-state index < -0.39 is 11.4 Å². The lowest BCUT2D eigenvalue weighted by atomic mass is 10.2. The number of hydrogen-bond donors (Lipinski definition) is 2. The van der Waals surface area contributed by atoms with Gasteiger partial charge in [-0.3, -0.25) is 4.79 Å². The van der Waals surface area contributed by atoms with Gasteiger partial charge < -0.3 is 10.7 Å². The first-order chi connectivity index (χ1) is 8.58. The van der Waals surface area contributed by atoms with Gasteiger partial charge >= 0.3 is 0 Å². The van der Waals surface area contributed by atoms with Gasteiger partial charge in [0.15, 0.2) is 5.16 Å². The number of H-pyrrole nitrogens is 1. The Kier molecular flexibility index (Phi) is 3.30. The first-order valence-electron chi connectivity index (χ1n) is 4.83. The molecule has 1 heterocycles. The normalized spacial score (nSPS) is 10.0. The molecule has 1 aromatic carbocycles. The second-order valence-corrected chi connectivity index (χ2v) is 4.37. The van der Waals surface area contributed by atoms with E-state index in [0.29, 0.717) is 0 Å². The fourth-order valence-corrected chi connectivity index (χ4v) is 2.06.